The standard InChI is InChI=1S/C26H54O5/c1-21(2,3)16-20(17-27-22(4,5)6)30-26(31-25(13,14)15,18-28-23(7,8)9)19-29-24(10,11)12/h20H,16-19H2,1-15H3. The maximum Gasteiger partial charge on any atom is 0.216 e. The van der Waals surface area contributed by atoms with E-state index in [4.69, 9.17) is 23.7 Å². The van der Waals surface area contributed by atoms with E-state index in [9.17, 15) is 0 Å². The van der Waals surface area contributed by atoms with Gasteiger partial charge in [0.2, 0.25) is 5.79 Å². The summed E-state index contributed by atoms with van der Waals surface area (Å²) >= 11 is 0. The molecule has 0 radical (unpaired) electrons. The molecule has 0 aromatic rings. The van der Waals surface area contributed by atoms with E-state index in [0.717, 1.165) is 6.42 Å². The Hall–Kier alpha value is -0.200. The monoisotopic (exact) mass is 446 g/mol. The normalized spacial score (nSPS) is 16.0. The molecule has 0 spiro atoms. The van der Waals surface area contributed by atoms with Crippen LogP contribution in [0.1, 0.15) is 110 Å². The minimum Gasteiger partial charge on any atom is -0.373 e. The molecule has 0 aliphatic carbocycles. The third kappa shape index (κ3) is 18.0. The van der Waals surface area contributed by atoms with Crippen LogP contribution in [0.3, 0.4) is 0 Å². The SMILES string of the molecule is CC(C)(C)CC(COC(C)(C)C)OC(COC(C)(C)C)(COC(C)(C)C)OC(C)(C)C. The van der Waals surface area contributed by atoms with Crippen LogP contribution in [-0.2, 0) is 23.7 Å². The number of ether oxygens (including phenoxy) is 5. The van der Waals surface area contributed by atoms with Gasteiger partial charge in [0.1, 0.15) is 13.2 Å². The predicted octanol–water partition coefficient (Wildman–Crippen LogP) is 6.76. The van der Waals surface area contributed by atoms with E-state index in [2.05, 4.69) is 41.5 Å². The zero-order valence-corrected chi connectivity index (χ0v) is 23.4. The summed E-state index contributed by atoms with van der Waals surface area (Å²) in [5.74, 6) is -1.06. The van der Waals surface area contributed by atoms with Gasteiger partial charge < -0.3 is 23.7 Å². The van der Waals surface area contributed by atoms with Crippen LogP contribution < -0.4 is 0 Å². The van der Waals surface area contributed by atoms with Crippen molar-refractivity contribution in [2.24, 2.45) is 5.41 Å². The fourth-order valence-electron chi connectivity index (χ4n) is 2.87. The van der Waals surface area contributed by atoms with Crippen molar-refractivity contribution in [3.63, 3.8) is 0 Å². The van der Waals surface area contributed by atoms with Gasteiger partial charge in [0.15, 0.2) is 0 Å². The first kappa shape index (κ1) is 30.8. The summed E-state index contributed by atoms with van der Waals surface area (Å²) in [6.07, 6.45) is 0.650. The van der Waals surface area contributed by atoms with Crippen molar-refractivity contribution >= 4 is 0 Å². The lowest BCUT2D eigenvalue weighted by Crippen LogP contribution is -2.55. The fraction of sp³-hybridized carbons (Fsp3) is 1.00. The first-order valence-electron chi connectivity index (χ1n) is 11.7. The first-order valence-corrected chi connectivity index (χ1v) is 11.7. The van der Waals surface area contributed by atoms with Crippen molar-refractivity contribution < 1.29 is 23.7 Å². The van der Waals surface area contributed by atoms with Gasteiger partial charge in [-0.3, -0.25) is 0 Å². The smallest absolute Gasteiger partial charge is 0.216 e. The second-order valence-electron chi connectivity index (χ2n) is 13.9. The molecule has 0 aromatic heterocycles. The number of rotatable bonds is 10. The Bertz CT molecular complexity index is 488. The molecule has 5 nitrogen and oxygen atoms in total. The lowest BCUT2D eigenvalue weighted by atomic mass is 9.89. The highest BCUT2D eigenvalue weighted by Crippen LogP contribution is 2.32. The molecule has 0 aromatic carbocycles. The van der Waals surface area contributed by atoms with E-state index in [1.807, 2.05) is 62.3 Å². The van der Waals surface area contributed by atoms with E-state index in [0.29, 0.717) is 6.61 Å². The second kappa shape index (κ2) is 10.8. The molecule has 0 rings (SSSR count). The van der Waals surface area contributed by atoms with E-state index >= 15 is 0 Å². The molecule has 31 heavy (non-hydrogen) atoms. The molecule has 0 N–H and O–H groups in total. The second-order valence-corrected chi connectivity index (χ2v) is 13.9. The summed E-state index contributed by atoms with van der Waals surface area (Å²) in [4.78, 5) is 0. The molecule has 0 heterocycles. The van der Waals surface area contributed by atoms with Crippen molar-refractivity contribution in [1.29, 1.82) is 0 Å². The van der Waals surface area contributed by atoms with E-state index in [1.165, 1.54) is 0 Å². The van der Waals surface area contributed by atoms with Crippen molar-refractivity contribution in [3.05, 3.63) is 0 Å². The maximum absolute atomic E-state index is 6.78. The van der Waals surface area contributed by atoms with Crippen LogP contribution in [0.2, 0.25) is 0 Å². The average Bonchev–Trinajstić information content (AvgIpc) is 2.43. The first-order chi connectivity index (χ1) is 13.4. The molecular formula is C26H54O5. The van der Waals surface area contributed by atoms with E-state index < -0.39 is 11.4 Å². The van der Waals surface area contributed by atoms with E-state index in [-0.39, 0.29) is 41.5 Å². The lowest BCUT2D eigenvalue weighted by Gasteiger charge is -2.44. The molecule has 0 fully saturated rings. The van der Waals surface area contributed by atoms with Crippen LogP contribution >= 0.6 is 0 Å². The summed E-state index contributed by atoms with van der Waals surface area (Å²) in [6.45, 7) is 32.1. The minimum atomic E-state index is -1.06. The molecule has 0 saturated heterocycles. The Labute approximate surface area is 193 Å². The van der Waals surface area contributed by atoms with Crippen LogP contribution in [0.4, 0.5) is 0 Å². The van der Waals surface area contributed by atoms with Gasteiger partial charge in [0.05, 0.1) is 35.1 Å². The number of hydrogen-bond acceptors (Lipinski definition) is 5. The zero-order chi connectivity index (χ0) is 24.9. The highest BCUT2D eigenvalue weighted by molar-refractivity contribution is 4.82. The Morgan fingerprint density at radius 3 is 1.19 bits per heavy atom. The average molecular weight is 447 g/mol. The molecular weight excluding hydrogens is 392 g/mol. The van der Waals surface area contributed by atoms with Crippen LogP contribution in [-0.4, -0.2) is 54.1 Å². The minimum absolute atomic E-state index is 0.0646. The molecule has 0 bridgehead atoms. The van der Waals surface area contributed by atoms with Gasteiger partial charge in [-0.05, 0) is 94.9 Å². The summed E-state index contributed by atoms with van der Waals surface area (Å²) in [6, 6.07) is 0. The lowest BCUT2D eigenvalue weighted by molar-refractivity contribution is -0.347. The Morgan fingerprint density at radius 2 is 0.903 bits per heavy atom. The van der Waals surface area contributed by atoms with Gasteiger partial charge in [-0.2, -0.15) is 0 Å². The Kier molecular flexibility index (Phi) is 10.7. The molecule has 0 amide bonds. The van der Waals surface area contributed by atoms with Crippen molar-refractivity contribution in [2.45, 2.75) is 145 Å². The molecule has 1 atom stereocenters. The Balaban J connectivity index is 6.04. The van der Waals surface area contributed by atoms with Gasteiger partial charge in [-0.25, -0.2) is 0 Å². The third-order valence-corrected chi connectivity index (χ3v) is 3.87. The van der Waals surface area contributed by atoms with Gasteiger partial charge in [-0.15, -0.1) is 0 Å². The summed E-state index contributed by atoms with van der Waals surface area (Å²) in [5, 5.41) is 0. The van der Waals surface area contributed by atoms with Crippen molar-refractivity contribution in [1.82, 2.24) is 0 Å². The van der Waals surface area contributed by atoms with Gasteiger partial charge >= 0.3 is 0 Å². The van der Waals surface area contributed by atoms with Crippen LogP contribution in [0.25, 0.3) is 0 Å². The van der Waals surface area contributed by atoms with Crippen LogP contribution in [0, 0.1) is 5.41 Å². The zero-order valence-electron chi connectivity index (χ0n) is 23.4. The third-order valence-electron chi connectivity index (χ3n) is 3.87. The molecule has 0 aliphatic rings. The number of hydrogen-bond donors (Lipinski definition) is 0. The van der Waals surface area contributed by atoms with Crippen LogP contribution in [0.5, 0.6) is 0 Å². The fourth-order valence-corrected chi connectivity index (χ4v) is 2.87. The van der Waals surface area contributed by atoms with Crippen molar-refractivity contribution in [3.8, 4) is 0 Å². The van der Waals surface area contributed by atoms with Gasteiger partial charge in [-0.1, -0.05) is 20.8 Å². The van der Waals surface area contributed by atoms with E-state index in [1.54, 1.807) is 0 Å². The topological polar surface area (TPSA) is 46.2 Å². The molecule has 5 heteroatoms. The van der Waals surface area contributed by atoms with Crippen LogP contribution in [0.15, 0.2) is 0 Å². The predicted molar refractivity (Wildman–Crippen MR) is 130 cm³/mol. The summed E-state index contributed by atoms with van der Waals surface area (Å²) in [7, 11) is 0. The summed E-state index contributed by atoms with van der Waals surface area (Å²) in [5.41, 5.74) is -1.30. The van der Waals surface area contributed by atoms with Crippen molar-refractivity contribution in [2.75, 3.05) is 19.8 Å². The van der Waals surface area contributed by atoms with Gasteiger partial charge in [0.25, 0.3) is 0 Å². The molecule has 188 valence electrons. The molecule has 1 unspecified atom stereocenters. The summed E-state index contributed by atoms with van der Waals surface area (Å²) < 4.78 is 31.9. The molecule has 0 aliphatic heterocycles. The highest BCUT2D eigenvalue weighted by atomic mass is 16.7. The maximum atomic E-state index is 6.78. The van der Waals surface area contributed by atoms with Gasteiger partial charge in [0, 0.05) is 0 Å². The Morgan fingerprint density at radius 1 is 0.516 bits per heavy atom. The largest absolute Gasteiger partial charge is 0.373 e. The molecule has 0 saturated carbocycles. The quantitative estimate of drug-likeness (QED) is 0.347. The highest BCUT2D eigenvalue weighted by Gasteiger charge is 2.43.